The van der Waals surface area contributed by atoms with Gasteiger partial charge in [0.25, 0.3) is 5.91 Å². The normalized spacial score (nSPS) is 15.1. The Morgan fingerprint density at radius 2 is 2.14 bits per heavy atom. The number of rotatable bonds is 6. The molecule has 0 aliphatic carbocycles. The lowest BCUT2D eigenvalue weighted by atomic mass is 9.92. The second kappa shape index (κ2) is 8.84. The molecule has 0 saturated carbocycles. The molecule has 1 saturated heterocycles. The van der Waals surface area contributed by atoms with E-state index >= 15 is 0 Å². The highest BCUT2D eigenvalue weighted by molar-refractivity contribution is 7.17. The standard InChI is InChI=1S/C21H24N4O3S/c1-28-12-4-5-14-7-10-25(11-8-14)21(27)15-13-29-18-17(15)23-19(24-20(18)26)16-6-2-3-9-22-16/h2-3,6,9,13-14H,4-5,7-8,10-12H2,1H3,(H,23,24,26). The molecule has 4 heterocycles. The van der Waals surface area contributed by atoms with E-state index in [1.54, 1.807) is 30.8 Å². The zero-order valence-corrected chi connectivity index (χ0v) is 17.2. The van der Waals surface area contributed by atoms with Crippen LogP contribution in [0.3, 0.4) is 0 Å². The number of aromatic nitrogens is 3. The van der Waals surface area contributed by atoms with E-state index in [1.807, 2.05) is 11.0 Å². The lowest BCUT2D eigenvalue weighted by Crippen LogP contribution is -2.38. The first-order valence-corrected chi connectivity index (χ1v) is 10.7. The summed E-state index contributed by atoms with van der Waals surface area (Å²) in [4.78, 5) is 28.0. The molecule has 29 heavy (non-hydrogen) atoms. The summed E-state index contributed by atoms with van der Waals surface area (Å²) < 4.78 is 5.66. The number of nitrogens with zero attached hydrogens (tertiary/aromatic N) is 4. The van der Waals surface area contributed by atoms with E-state index in [1.165, 1.54) is 11.3 Å². The van der Waals surface area contributed by atoms with Gasteiger partial charge in [-0.15, -0.1) is 11.3 Å². The van der Waals surface area contributed by atoms with Crippen LogP contribution in [0.15, 0.2) is 29.8 Å². The van der Waals surface area contributed by atoms with E-state index in [0.717, 1.165) is 45.4 Å². The topological polar surface area (TPSA) is 88.4 Å². The molecule has 1 N–H and O–H groups in total. The molecule has 3 aromatic rings. The van der Waals surface area contributed by atoms with Crippen LogP contribution in [0.1, 0.15) is 36.0 Å². The van der Waals surface area contributed by atoms with Crippen LogP contribution in [-0.2, 0) is 4.74 Å². The smallest absolute Gasteiger partial charge is 0.256 e. The second-order valence-electron chi connectivity index (χ2n) is 7.28. The highest BCUT2D eigenvalue weighted by atomic mass is 32.1. The quantitative estimate of drug-likeness (QED) is 0.621. The molecule has 0 bridgehead atoms. The fraction of sp³-hybridized carbons (Fsp3) is 0.429. The van der Waals surface area contributed by atoms with Gasteiger partial charge in [0.15, 0.2) is 5.82 Å². The predicted molar refractivity (Wildman–Crippen MR) is 112 cm³/mol. The Labute approximate surface area is 173 Å². The Bertz CT molecular complexity index is 984. The summed E-state index contributed by atoms with van der Waals surface area (Å²) in [5.74, 6) is 0.823. The number of methoxy groups -OCH3 is 1. The van der Waals surface area contributed by atoms with E-state index in [0.29, 0.717) is 33.2 Å². The number of pyridine rings is 1. The number of carbonyl (C=O) groups is 1. The number of thiophene rings is 1. The van der Waals surface area contributed by atoms with Crippen LogP contribution in [0.4, 0.5) is 0 Å². The van der Waals surface area contributed by atoms with Crippen molar-refractivity contribution in [1.82, 2.24) is 19.9 Å². The van der Waals surface area contributed by atoms with Gasteiger partial charge in [0.2, 0.25) is 5.88 Å². The molecule has 4 rings (SSSR count). The van der Waals surface area contributed by atoms with Gasteiger partial charge in [-0.2, -0.15) is 4.98 Å². The maximum Gasteiger partial charge on any atom is 0.256 e. The number of aromatic hydroxyl groups is 1. The minimum absolute atomic E-state index is 0.0309. The molecule has 8 heteroatoms. The summed E-state index contributed by atoms with van der Waals surface area (Å²) >= 11 is 1.29. The van der Waals surface area contributed by atoms with Crippen molar-refractivity contribution in [1.29, 1.82) is 0 Å². The van der Waals surface area contributed by atoms with Crippen molar-refractivity contribution >= 4 is 27.5 Å². The van der Waals surface area contributed by atoms with Gasteiger partial charge in [0, 0.05) is 38.4 Å². The van der Waals surface area contributed by atoms with Crippen LogP contribution in [-0.4, -0.2) is 57.7 Å². The number of hydrogen-bond acceptors (Lipinski definition) is 7. The Morgan fingerprint density at radius 1 is 1.31 bits per heavy atom. The van der Waals surface area contributed by atoms with Crippen molar-refractivity contribution in [2.24, 2.45) is 5.92 Å². The van der Waals surface area contributed by atoms with Gasteiger partial charge in [-0.25, -0.2) is 4.98 Å². The molecule has 0 unspecified atom stereocenters. The third-order valence-electron chi connectivity index (χ3n) is 5.38. The first-order chi connectivity index (χ1) is 14.2. The number of ether oxygens (including phenoxy) is 1. The molecule has 3 aromatic heterocycles. The van der Waals surface area contributed by atoms with Gasteiger partial charge < -0.3 is 14.7 Å². The van der Waals surface area contributed by atoms with E-state index < -0.39 is 0 Å². The molecule has 0 aromatic carbocycles. The maximum absolute atomic E-state index is 13.2. The molecule has 1 amide bonds. The first-order valence-electron chi connectivity index (χ1n) is 9.85. The molecule has 1 fully saturated rings. The monoisotopic (exact) mass is 412 g/mol. The zero-order chi connectivity index (χ0) is 20.2. The van der Waals surface area contributed by atoms with Gasteiger partial charge in [0.05, 0.1) is 5.56 Å². The summed E-state index contributed by atoms with van der Waals surface area (Å²) in [6.45, 7) is 2.29. The van der Waals surface area contributed by atoms with Crippen molar-refractivity contribution in [3.05, 3.63) is 35.3 Å². The van der Waals surface area contributed by atoms with Crippen molar-refractivity contribution in [3.63, 3.8) is 0 Å². The van der Waals surface area contributed by atoms with Gasteiger partial charge in [-0.1, -0.05) is 6.07 Å². The van der Waals surface area contributed by atoms with Crippen LogP contribution in [0.5, 0.6) is 5.88 Å². The first kappa shape index (κ1) is 19.7. The van der Waals surface area contributed by atoms with E-state index in [9.17, 15) is 9.90 Å². The number of piperidine rings is 1. The molecular weight excluding hydrogens is 388 g/mol. The molecule has 1 aliphatic rings. The number of fused-ring (bicyclic) bond motifs is 1. The minimum Gasteiger partial charge on any atom is -0.492 e. The molecule has 0 spiro atoms. The van der Waals surface area contributed by atoms with Gasteiger partial charge in [0.1, 0.15) is 15.9 Å². The van der Waals surface area contributed by atoms with Crippen LogP contribution in [0.2, 0.25) is 0 Å². The SMILES string of the molecule is COCCCC1CCN(C(=O)c2csc3c(O)nc(-c4ccccn4)nc23)CC1. The molecule has 0 radical (unpaired) electrons. The molecule has 152 valence electrons. The average Bonchev–Trinajstić information content (AvgIpc) is 3.19. The molecule has 1 aliphatic heterocycles. The van der Waals surface area contributed by atoms with Crippen LogP contribution in [0, 0.1) is 5.92 Å². The minimum atomic E-state index is -0.114. The van der Waals surface area contributed by atoms with Gasteiger partial charge in [-0.3, -0.25) is 9.78 Å². The maximum atomic E-state index is 13.2. The Morgan fingerprint density at radius 3 is 2.86 bits per heavy atom. The van der Waals surface area contributed by atoms with Crippen molar-refractivity contribution in [3.8, 4) is 17.4 Å². The summed E-state index contributed by atoms with van der Waals surface area (Å²) in [5.41, 5.74) is 1.58. The van der Waals surface area contributed by atoms with Crippen LogP contribution in [0.25, 0.3) is 21.7 Å². The van der Waals surface area contributed by atoms with Crippen LogP contribution < -0.4 is 0 Å². The van der Waals surface area contributed by atoms with E-state index in [4.69, 9.17) is 4.74 Å². The Balaban J connectivity index is 1.53. The molecule has 0 atom stereocenters. The second-order valence-corrected chi connectivity index (χ2v) is 8.16. The van der Waals surface area contributed by atoms with Crippen molar-refractivity contribution < 1.29 is 14.6 Å². The average molecular weight is 413 g/mol. The summed E-state index contributed by atoms with van der Waals surface area (Å²) in [7, 11) is 1.73. The highest BCUT2D eigenvalue weighted by Gasteiger charge is 2.26. The summed E-state index contributed by atoms with van der Waals surface area (Å²) in [6, 6.07) is 5.42. The number of likely N-dealkylation sites (tertiary alicyclic amines) is 1. The number of hydrogen-bond donors (Lipinski definition) is 1. The van der Waals surface area contributed by atoms with Gasteiger partial charge >= 0.3 is 0 Å². The molecule has 7 nitrogen and oxygen atoms in total. The van der Waals surface area contributed by atoms with Crippen molar-refractivity contribution in [2.45, 2.75) is 25.7 Å². The lowest BCUT2D eigenvalue weighted by molar-refractivity contribution is 0.0683. The third kappa shape index (κ3) is 4.23. The fourth-order valence-electron chi connectivity index (χ4n) is 3.78. The van der Waals surface area contributed by atoms with Crippen molar-refractivity contribution in [2.75, 3.05) is 26.8 Å². The summed E-state index contributed by atoms with van der Waals surface area (Å²) in [6.07, 6.45) is 5.88. The Kier molecular flexibility index (Phi) is 6.01. The molecular formula is C21H24N4O3S. The van der Waals surface area contributed by atoms with E-state index in [2.05, 4.69) is 15.0 Å². The van der Waals surface area contributed by atoms with Crippen LogP contribution >= 0.6 is 11.3 Å². The largest absolute Gasteiger partial charge is 0.492 e. The predicted octanol–water partition coefficient (Wildman–Crippen LogP) is 3.74. The summed E-state index contributed by atoms with van der Waals surface area (Å²) in [5, 5.41) is 12.1. The number of amides is 1. The zero-order valence-electron chi connectivity index (χ0n) is 16.4. The highest BCUT2D eigenvalue weighted by Crippen LogP contribution is 2.34. The van der Waals surface area contributed by atoms with Gasteiger partial charge in [-0.05, 0) is 43.7 Å². The van der Waals surface area contributed by atoms with E-state index in [-0.39, 0.29) is 11.8 Å². The third-order valence-corrected chi connectivity index (χ3v) is 6.35. The Hall–Kier alpha value is -2.58. The lowest BCUT2D eigenvalue weighted by Gasteiger charge is -2.32. The fourth-order valence-corrected chi connectivity index (χ4v) is 4.64. The number of carbonyl (C=O) groups excluding carboxylic acids is 1.